The van der Waals surface area contributed by atoms with Crippen molar-refractivity contribution in [3.05, 3.63) is 40.4 Å². The van der Waals surface area contributed by atoms with Gasteiger partial charge in [-0.25, -0.2) is 0 Å². The molecular weight excluding hydrogens is 394 g/mol. The lowest BCUT2D eigenvalue weighted by Gasteiger charge is -2.37. The van der Waals surface area contributed by atoms with Gasteiger partial charge in [-0.3, -0.25) is 9.59 Å². The average molecular weight is 414 g/mol. The molecule has 1 aliphatic heterocycles. The number of hydrogen-bond acceptors (Lipinski definition) is 4. The Morgan fingerprint density at radius 3 is 2.27 bits per heavy atom. The first kappa shape index (κ1) is 16.2. The number of carbonyl (C=O) groups is 2. The second-order valence-electron chi connectivity index (χ2n) is 7.99. The van der Waals surface area contributed by atoms with E-state index in [2.05, 4.69) is 33.2 Å². The van der Waals surface area contributed by atoms with Crippen LogP contribution in [-0.2, 0) is 9.59 Å². The Kier molecular flexibility index (Phi) is 3.45. The number of anilines is 1. The molecule has 26 heavy (non-hydrogen) atoms. The number of amides is 2. The maximum Gasteiger partial charge on any atom is 0.254 e. The molecule has 1 heterocycles. The van der Waals surface area contributed by atoms with Gasteiger partial charge in [0.2, 0.25) is 0 Å². The normalized spacial score (nSPS) is 36.7. The monoisotopic (exact) mass is 413 g/mol. The van der Waals surface area contributed by atoms with E-state index < -0.39 is 0 Å². The molecule has 0 N–H and O–H groups in total. The highest BCUT2D eigenvalue weighted by molar-refractivity contribution is 9.10. The first-order valence-electron chi connectivity index (χ1n) is 9.04. The van der Waals surface area contributed by atoms with Crippen LogP contribution in [0.4, 0.5) is 5.69 Å². The molecule has 2 amide bonds. The van der Waals surface area contributed by atoms with E-state index in [1.807, 2.05) is 37.2 Å². The summed E-state index contributed by atoms with van der Waals surface area (Å²) >= 11 is 3.55. The van der Waals surface area contributed by atoms with Crippen molar-refractivity contribution in [3.8, 4) is 0 Å². The molecule has 3 fully saturated rings. The molecule has 2 saturated carbocycles. The Morgan fingerprint density at radius 2 is 1.73 bits per heavy atom. The van der Waals surface area contributed by atoms with Crippen LogP contribution in [0.15, 0.2) is 39.9 Å². The summed E-state index contributed by atoms with van der Waals surface area (Å²) in [5.41, 5.74) is 1.91. The number of hydrazone groups is 1. The van der Waals surface area contributed by atoms with Crippen molar-refractivity contribution in [3.63, 3.8) is 0 Å². The van der Waals surface area contributed by atoms with Crippen molar-refractivity contribution >= 4 is 39.6 Å². The number of carbonyl (C=O) groups excluding carboxylic acids is 2. The lowest BCUT2D eigenvalue weighted by Crippen LogP contribution is -2.40. The van der Waals surface area contributed by atoms with Crippen molar-refractivity contribution in [1.82, 2.24) is 5.01 Å². The summed E-state index contributed by atoms with van der Waals surface area (Å²) < 4.78 is 0.946. The van der Waals surface area contributed by atoms with Gasteiger partial charge in [0.25, 0.3) is 11.8 Å². The summed E-state index contributed by atoms with van der Waals surface area (Å²) in [5, 5.41) is 5.40. The molecule has 0 unspecified atom stereocenters. The number of hydrogen-bond donors (Lipinski definition) is 0. The van der Waals surface area contributed by atoms with Gasteiger partial charge in [0.1, 0.15) is 0 Å². The minimum Gasteiger partial charge on any atom is -0.377 e. The summed E-state index contributed by atoms with van der Waals surface area (Å²) in [6, 6.07) is 5.86. The minimum absolute atomic E-state index is 0.120. The van der Waals surface area contributed by atoms with Gasteiger partial charge in [0, 0.05) is 18.6 Å². The van der Waals surface area contributed by atoms with Gasteiger partial charge in [0.05, 0.1) is 23.7 Å². The van der Waals surface area contributed by atoms with Crippen LogP contribution in [0.1, 0.15) is 12.0 Å². The third kappa shape index (κ3) is 2.17. The lowest BCUT2D eigenvalue weighted by molar-refractivity contribution is -0.140. The van der Waals surface area contributed by atoms with Crippen LogP contribution in [0.2, 0.25) is 0 Å². The molecule has 6 heteroatoms. The zero-order chi connectivity index (χ0) is 18.2. The first-order valence-corrected chi connectivity index (χ1v) is 9.83. The van der Waals surface area contributed by atoms with Gasteiger partial charge in [0.15, 0.2) is 0 Å². The summed E-state index contributed by atoms with van der Waals surface area (Å²) in [6.07, 6.45) is 7.13. The molecule has 2 bridgehead atoms. The molecule has 1 aromatic carbocycles. The van der Waals surface area contributed by atoms with E-state index in [4.69, 9.17) is 0 Å². The van der Waals surface area contributed by atoms with Crippen LogP contribution in [-0.4, -0.2) is 37.1 Å². The number of imide groups is 1. The molecule has 0 spiro atoms. The van der Waals surface area contributed by atoms with Gasteiger partial charge in [-0.1, -0.05) is 18.2 Å². The zero-order valence-electron chi connectivity index (χ0n) is 14.7. The third-order valence-electron chi connectivity index (χ3n) is 6.42. The Morgan fingerprint density at radius 1 is 1.12 bits per heavy atom. The second-order valence-corrected chi connectivity index (χ2v) is 8.85. The van der Waals surface area contributed by atoms with Gasteiger partial charge in [-0.15, -0.1) is 0 Å². The Labute approximate surface area is 160 Å². The molecule has 4 aliphatic carbocycles. The van der Waals surface area contributed by atoms with Crippen molar-refractivity contribution < 1.29 is 9.59 Å². The van der Waals surface area contributed by atoms with Gasteiger partial charge in [-0.05, 0) is 63.7 Å². The highest BCUT2D eigenvalue weighted by Crippen LogP contribution is 2.65. The summed E-state index contributed by atoms with van der Waals surface area (Å²) in [7, 11) is 3.95. The summed E-state index contributed by atoms with van der Waals surface area (Å²) in [6.45, 7) is 0. The molecule has 5 nitrogen and oxygen atoms in total. The molecule has 1 saturated heterocycles. The number of halogens is 1. The van der Waals surface area contributed by atoms with Crippen molar-refractivity contribution in [1.29, 1.82) is 0 Å². The molecule has 0 radical (unpaired) electrons. The smallest absolute Gasteiger partial charge is 0.254 e. The Bertz CT molecular complexity index is 842. The van der Waals surface area contributed by atoms with Crippen molar-refractivity contribution in [2.24, 2.45) is 40.6 Å². The average Bonchev–Trinajstić information content (AvgIpc) is 3.39. The SMILES string of the molecule is CN(C)c1ccc(/C=N\N2C(=O)[C@@H]3[C@@H]4C=C[C@H]([C@H]5C[C@@H]45)[C@@H]3C2=O)cc1Br. The summed E-state index contributed by atoms with van der Waals surface area (Å²) in [4.78, 5) is 27.8. The van der Waals surface area contributed by atoms with E-state index in [1.54, 1.807) is 6.21 Å². The molecule has 0 aromatic heterocycles. The van der Waals surface area contributed by atoms with Crippen molar-refractivity contribution in [2.75, 3.05) is 19.0 Å². The first-order chi connectivity index (χ1) is 12.5. The van der Waals surface area contributed by atoms with Gasteiger partial charge >= 0.3 is 0 Å². The predicted octanol–water partition coefficient (Wildman–Crippen LogP) is 2.90. The van der Waals surface area contributed by atoms with Crippen LogP contribution < -0.4 is 4.90 Å². The summed E-state index contributed by atoms with van der Waals surface area (Å²) in [5.74, 6) is 1.07. The van der Waals surface area contributed by atoms with E-state index in [0.29, 0.717) is 11.8 Å². The van der Waals surface area contributed by atoms with Crippen LogP contribution in [0.3, 0.4) is 0 Å². The fourth-order valence-electron chi connectivity index (χ4n) is 5.15. The van der Waals surface area contributed by atoms with Crippen molar-refractivity contribution in [2.45, 2.75) is 6.42 Å². The maximum atomic E-state index is 12.9. The van der Waals surface area contributed by atoms with E-state index in [1.165, 1.54) is 6.42 Å². The Balaban J connectivity index is 1.40. The van der Waals surface area contributed by atoms with Crippen LogP contribution >= 0.6 is 15.9 Å². The highest BCUT2D eigenvalue weighted by atomic mass is 79.9. The number of allylic oxidation sites excluding steroid dienone is 2. The fourth-order valence-corrected chi connectivity index (χ4v) is 5.90. The quantitative estimate of drug-likeness (QED) is 0.434. The number of rotatable bonds is 3. The third-order valence-corrected chi connectivity index (χ3v) is 7.05. The van der Waals surface area contributed by atoms with E-state index in [-0.39, 0.29) is 35.5 Å². The van der Waals surface area contributed by atoms with Crippen LogP contribution in [0.5, 0.6) is 0 Å². The van der Waals surface area contributed by atoms with E-state index in [9.17, 15) is 9.59 Å². The number of benzene rings is 1. The zero-order valence-corrected chi connectivity index (χ0v) is 16.3. The molecular formula is C20H20BrN3O2. The second kappa shape index (κ2) is 5.52. The fraction of sp³-hybridized carbons (Fsp3) is 0.450. The molecule has 1 aromatic rings. The van der Waals surface area contributed by atoms with E-state index in [0.717, 1.165) is 20.7 Å². The largest absolute Gasteiger partial charge is 0.377 e. The highest BCUT2D eigenvalue weighted by Gasteiger charge is 2.67. The standard InChI is InChI=1S/C20H20BrN3O2/c1-23(2)16-6-3-10(7-15(16)21)9-22-24-19(25)17-11-4-5-12(14-8-13(11)14)18(17)20(24)26/h3-7,9,11-14,17-18H,8H2,1-2H3/b22-9-/t11-,12-,13-,14+,17+,18-/m1/s1. The van der Waals surface area contributed by atoms with Crippen LogP contribution in [0.25, 0.3) is 0 Å². The van der Waals surface area contributed by atoms with E-state index >= 15 is 0 Å². The maximum absolute atomic E-state index is 12.9. The topological polar surface area (TPSA) is 53.0 Å². The predicted molar refractivity (Wildman–Crippen MR) is 103 cm³/mol. The number of nitrogens with zero attached hydrogens (tertiary/aromatic N) is 3. The van der Waals surface area contributed by atoms with Gasteiger partial charge in [-0.2, -0.15) is 10.1 Å². The molecule has 5 aliphatic rings. The molecule has 6 rings (SSSR count). The van der Waals surface area contributed by atoms with Crippen LogP contribution in [0, 0.1) is 35.5 Å². The van der Waals surface area contributed by atoms with Gasteiger partial charge < -0.3 is 4.90 Å². The molecule has 6 atom stereocenters. The molecule has 134 valence electrons. The lowest BCUT2D eigenvalue weighted by atomic mass is 9.63. The minimum atomic E-state index is -0.193. The Hall–Kier alpha value is -1.95.